The van der Waals surface area contributed by atoms with Crippen molar-refractivity contribution in [2.24, 2.45) is 0 Å². The molecule has 1 amide bonds. The Morgan fingerprint density at radius 2 is 2.27 bits per heavy atom. The molecule has 15 heavy (non-hydrogen) atoms. The Morgan fingerprint density at radius 1 is 1.53 bits per heavy atom. The Morgan fingerprint density at radius 3 is 2.87 bits per heavy atom. The number of phenols is 1. The minimum absolute atomic E-state index is 0.0517. The van der Waals surface area contributed by atoms with Crippen LogP contribution in [0.3, 0.4) is 0 Å². The van der Waals surface area contributed by atoms with E-state index in [1.807, 2.05) is 0 Å². The van der Waals surface area contributed by atoms with E-state index in [1.165, 1.54) is 12.1 Å². The summed E-state index contributed by atoms with van der Waals surface area (Å²) in [5, 5.41) is 15.7. The standard InChI is InChI=1S/C10H11ClN2O2/c11-6-1-2-9(14)8(3-6)10(15)13-7-4-12-5-7/h1-3,7,12,14H,4-5H2,(H,13,15). The van der Waals surface area contributed by atoms with E-state index in [4.69, 9.17) is 11.6 Å². The van der Waals surface area contributed by atoms with Crippen LogP contribution in [0.2, 0.25) is 5.02 Å². The Kier molecular flexibility index (Phi) is 2.79. The minimum atomic E-state index is -0.290. The monoisotopic (exact) mass is 226 g/mol. The third-order valence-electron chi connectivity index (χ3n) is 2.32. The van der Waals surface area contributed by atoms with Crippen molar-refractivity contribution < 1.29 is 9.90 Å². The van der Waals surface area contributed by atoms with Crippen LogP contribution in [0.25, 0.3) is 0 Å². The van der Waals surface area contributed by atoms with Gasteiger partial charge < -0.3 is 15.7 Å². The topological polar surface area (TPSA) is 61.4 Å². The van der Waals surface area contributed by atoms with Gasteiger partial charge in [-0.05, 0) is 18.2 Å². The van der Waals surface area contributed by atoms with Crippen molar-refractivity contribution in [2.75, 3.05) is 13.1 Å². The van der Waals surface area contributed by atoms with E-state index in [-0.39, 0.29) is 23.3 Å². The normalized spacial score (nSPS) is 15.8. The first kappa shape index (κ1) is 10.3. The van der Waals surface area contributed by atoms with Crippen LogP contribution in [0.15, 0.2) is 18.2 Å². The van der Waals surface area contributed by atoms with E-state index in [1.54, 1.807) is 6.07 Å². The fourth-order valence-corrected chi connectivity index (χ4v) is 1.52. The summed E-state index contributed by atoms with van der Waals surface area (Å²) in [6.45, 7) is 1.54. The lowest BCUT2D eigenvalue weighted by Gasteiger charge is -2.28. The minimum Gasteiger partial charge on any atom is -0.507 e. The number of aromatic hydroxyl groups is 1. The summed E-state index contributed by atoms with van der Waals surface area (Å²) in [6.07, 6.45) is 0. The second kappa shape index (κ2) is 4.08. The van der Waals surface area contributed by atoms with Gasteiger partial charge in [-0.3, -0.25) is 4.79 Å². The molecule has 1 saturated heterocycles. The molecule has 0 bridgehead atoms. The van der Waals surface area contributed by atoms with Gasteiger partial charge in [0.15, 0.2) is 0 Å². The number of hydrogen-bond acceptors (Lipinski definition) is 3. The number of amides is 1. The molecule has 0 unspecified atom stereocenters. The zero-order valence-electron chi connectivity index (χ0n) is 7.96. The molecule has 80 valence electrons. The highest BCUT2D eigenvalue weighted by molar-refractivity contribution is 6.31. The predicted octanol–water partition coefficient (Wildman–Crippen LogP) is 0.747. The van der Waals surface area contributed by atoms with Crippen molar-refractivity contribution in [1.29, 1.82) is 0 Å². The number of halogens is 1. The van der Waals surface area contributed by atoms with Gasteiger partial charge in [0.05, 0.1) is 11.6 Å². The summed E-state index contributed by atoms with van der Waals surface area (Å²) in [5.41, 5.74) is 0.217. The molecule has 0 atom stereocenters. The van der Waals surface area contributed by atoms with Crippen LogP contribution in [0.1, 0.15) is 10.4 Å². The summed E-state index contributed by atoms with van der Waals surface area (Å²) in [4.78, 5) is 11.7. The maximum Gasteiger partial charge on any atom is 0.255 e. The molecule has 1 aromatic rings. The molecule has 0 aliphatic carbocycles. The van der Waals surface area contributed by atoms with Crippen molar-refractivity contribution in [3.8, 4) is 5.75 Å². The van der Waals surface area contributed by atoms with Crippen molar-refractivity contribution in [1.82, 2.24) is 10.6 Å². The lowest BCUT2D eigenvalue weighted by atomic mass is 10.1. The number of carbonyl (C=O) groups excluding carboxylic acids is 1. The summed E-state index contributed by atoms with van der Waals surface area (Å²) in [5.74, 6) is -0.342. The summed E-state index contributed by atoms with van der Waals surface area (Å²) < 4.78 is 0. The van der Waals surface area contributed by atoms with Crippen molar-refractivity contribution in [2.45, 2.75) is 6.04 Å². The van der Waals surface area contributed by atoms with Crippen LogP contribution in [0.4, 0.5) is 0 Å². The highest BCUT2D eigenvalue weighted by Crippen LogP contribution is 2.21. The Balaban J connectivity index is 2.12. The molecular weight excluding hydrogens is 216 g/mol. The number of carbonyl (C=O) groups is 1. The molecule has 3 N–H and O–H groups in total. The van der Waals surface area contributed by atoms with Gasteiger partial charge in [0.2, 0.25) is 0 Å². The first-order chi connectivity index (χ1) is 7.16. The second-order valence-corrected chi connectivity index (χ2v) is 3.93. The first-order valence-corrected chi connectivity index (χ1v) is 5.04. The third kappa shape index (κ3) is 2.22. The number of benzene rings is 1. The molecule has 5 heteroatoms. The van der Waals surface area contributed by atoms with E-state index in [0.717, 1.165) is 13.1 Å². The summed E-state index contributed by atoms with van der Waals surface area (Å²) in [6, 6.07) is 4.56. The van der Waals surface area contributed by atoms with Gasteiger partial charge in [-0.15, -0.1) is 0 Å². The number of phenolic OH excluding ortho intramolecular Hbond substituents is 1. The molecule has 1 aromatic carbocycles. The molecule has 4 nitrogen and oxygen atoms in total. The molecule has 2 rings (SSSR count). The van der Waals surface area contributed by atoms with Crippen molar-refractivity contribution in [3.63, 3.8) is 0 Å². The Labute approximate surface area is 92.2 Å². The lowest BCUT2D eigenvalue weighted by molar-refractivity contribution is 0.0921. The largest absolute Gasteiger partial charge is 0.507 e. The summed E-state index contributed by atoms with van der Waals surface area (Å²) >= 11 is 5.74. The number of hydrogen-bond donors (Lipinski definition) is 3. The maximum atomic E-state index is 11.7. The van der Waals surface area contributed by atoms with Gasteiger partial charge in [-0.1, -0.05) is 11.6 Å². The molecule has 0 aromatic heterocycles. The third-order valence-corrected chi connectivity index (χ3v) is 2.56. The Bertz CT molecular complexity index is 391. The highest BCUT2D eigenvalue weighted by Gasteiger charge is 2.21. The molecule has 0 spiro atoms. The molecule has 1 aliphatic rings. The molecule has 1 heterocycles. The average Bonchev–Trinajstić information content (AvgIpc) is 2.15. The average molecular weight is 227 g/mol. The van der Waals surface area contributed by atoms with Crippen molar-refractivity contribution >= 4 is 17.5 Å². The van der Waals surface area contributed by atoms with Crippen LogP contribution in [-0.2, 0) is 0 Å². The quantitative estimate of drug-likeness (QED) is 0.698. The maximum absolute atomic E-state index is 11.7. The van der Waals surface area contributed by atoms with Gasteiger partial charge in [0, 0.05) is 18.1 Å². The molecule has 1 aliphatic heterocycles. The Hall–Kier alpha value is -1.26. The van der Waals surface area contributed by atoms with E-state index in [0.29, 0.717) is 5.02 Å². The number of rotatable bonds is 2. The van der Waals surface area contributed by atoms with E-state index in [9.17, 15) is 9.90 Å². The zero-order chi connectivity index (χ0) is 10.8. The molecular formula is C10H11ClN2O2. The van der Waals surface area contributed by atoms with Crippen LogP contribution in [0.5, 0.6) is 5.75 Å². The van der Waals surface area contributed by atoms with E-state index in [2.05, 4.69) is 10.6 Å². The molecule has 0 radical (unpaired) electrons. The lowest BCUT2D eigenvalue weighted by Crippen LogP contribution is -2.56. The predicted molar refractivity (Wildman–Crippen MR) is 57.2 cm³/mol. The van der Waals surface area contributed by atoms with Crippen LogP contribution in [0, 0.1) is 0 Å². The van der Waals surface area contributed by atoms with Crippen LogP contribution < -0.4 is 10.6 Å². The summed E-state index contributed by atoms with van der Waals surface area (Å²) in [7, 11) is 0. The van der Waals surface area contributed by atoms with E-state index >= 15 is 0 Å². The van der Waals surface area contributed by atoms with E-state index < -0.39 is 0 Å². The van der Waals surface area contributed by atoms with Gasteiger partial charge in [0.1, 0.15) is 5.75 Å². The van der Waals surface area contributed by atoms with Gasteiger partial charge in [-0.25, -0.2) is 0 Å². The first-order valence-electron chi connectivity index (χ1n) is 4.67. The molecule has 1 fully saturated rings. The van der Waals surface area contributed by atoms with Gasteiger partial charge in [0.25, 0.3) is 5.91 Å². The van der Waals surface area contributed by atoms with Gasteiger partial charge in [-0.2, -0.15) is 0 Å². The SMILES string of the molecule is O=C(NC1CNC1)c1cc(Cl)ccc1O. The second-order valence-electron chi connectivity index (χ2n) is 3.49. The highest BCUT2D eigenvalue weighted by atomic mass is 35.5. The van der Waals surface area contributed by atoms with Crippen LogP contribution >= 0.6 is 11.6 Å². The van der Waals surface area contributed by atoms with Crippen LogP contribution in [-0.4, -0.2) is 30.1 Å². The fourth-order valence-electron chi connectivity index (χ4n) is 1.34. The van der Waals surface area contributed by atoms with Gasteiger partial charge >= 0.3 is 0 Å². The fraction of sp³-hybridized carbons (Fsp3) is 0.300. The zero-order valence-corrected chi connectivity index (χ0v) is 8.71. The van der Waals surface area contributed by atoms with Crippen molar-refractivity contribution in [3.05, 3.63) is 28.8 Å². The molecule has 0 saturated carbocycles. The number of nitrogens with one attached hydrogen (secondary N) is 2. The smallest absolute Gasteiger partial charge is 0.255 e.